The van der Waals surface area contributed by atoms with Crippen molar-refractivity contribution in [1.29, 1.82) is 0 Å². The summed E-state index contributed by atoms with van der Waals surface area (Å²) in [5.41, 5.74) is 4.26. The van der Waals surface area contributed by atoms with E-state index in [0.717, 1.165) is 19.4 Å². The molecule has 0 saturated carbocycles. The summed E-state index contributed by atoms with van der Waals surface area (Å²) in [6, 6.07) is 8.93. The number of halogens is 1. The zero-order chi connectivity index (χ0) is 12.8. The summed E-state index contributed by atoms with van der Waals surface area (Å²) in [7, 11) is 0. The zero-order valence-corrected chi connectivity index (χ0v) is 12.7. The van der Waals surface area contributed by atoms with Crippen molar-refractivity contribution in [3.05, 3.63) is 33.4 Å². The molecular formula is C14H21IN2O. The van der Waals surface area contributed by atoms with Crippen LogP contribution < -0.4 is 11.3 Å². The van der Waals surface area contributed by atoms with Crippen LogP contribution in [0.25, 0.3) is 0 Å². The molecule has 2 atom stereocenters. The van der Waals surface area contributed by atoms with E-state index in [4.69, 9.17) is 10.6 Å². The van der Waals surface area contributed by atoms with Crippen LogP contribution in [0.2, 0.25) is 0 Å². The first-order valence-electron chi connectivity index (χ1n) is 6.60. The molecule has 2 rings (SSSR count). The second-order valence-electron chi connectivity index (χ2n) is 4.92. The Balaban J connectivity index is 1.86. The molecule has 0 aromatic heterocycles. The first-order chi connectivity index (χ1) is 8.78. The minimum Gasteiger partial charge on any atom is -0.378 e. The third-order valence-electron chi connectivity index (χ3n) is 3.45. The van der Waals surface area contributed by atoms with Gasteiger partial charge in [-0.25, -0.2) is 0 Å². The van der Waals surface area contributed by atoms with Gasteiger partial charge in [0.1, 0.15) is 0 Å². The Kier molecular flexibility index (Phi) is 5.88. The van der Waals surface area contributed by atoms with Gasteiger partial charge in [-0.05, 0) is 72.4 Å². The van der Waals surface area contributed by atoms with E-state index >= 15 is 0 Å². The van der Waals surface area contributed by atoms with Crippen LogP contribution >= 0.6 is 22.6 Å². The molecule has 1 aliphatic heterocycles. The van der Waals surface area contributed by atoms with Crippen molar-refractivity contribution < 1.29 is 4.74 Å². The maximum absolute atomic E-state index is 5.77. The second-order valence-corrected chi connectivity index (χ2v) is 6.16. The molecular weight excluding hydrogens is 339 g/mol. The minimum absolute atomic E-state index is 0.299. The maximum atomic E-state index is 5.77. The molecule has 3 nitrogen and oxygen atoms in total. The van der Waals surface area contributed by atoms with Crippen molar-refractivity contribution in [1.82, 2.24) is 5.43 Å². The SMILES string of the molecule is NNC(Cc1ccc(I)cc1)CC1CCCCO1. The van der Waals surface area contributed by atoms with E-state index in [9.17, 15) is 0 Å². The van der Waals surface area contributed by atoms with Crippen LogP contribution in [0.4, 0.5) is 0 Å². The maximum Gasteiger partial charge on any atom is 0.0590 e. The lowest BCUT2D eigenvalue weighted by Gasteiger charge is -2.26. The molecule has 1 aromatic carbocycles. The molecule has 1 fully saturated rings. The molecule has 1 aliphatic rings. The number of rotatable bonds is 5. The van der Waals surface area contributed by atoms with Crippen LogP contribution in [-0.2, 0) is 11.2 Å². The van der Waals surface area contributed by atoms with Crippen molar-refractivity contribution in [2.45, 2.75) is 44.2 Å². The largest absolute Gasteiger partial charge is 0.378 e. The summed E-state index contributed by atoms with van der Waals surface area (Å²) in [4.78, 5) is 0. The molecule has 18 heavy (non-hydrogen) atoms. The average molecular weight is 360 g/mol. The molecule has 1 saturated heterocycles. The summed E-state index contributed by atoms with van der Waals surface area (Å²) in [5, 5.41) is 0. The Bertz CT molecular complexity index is 349. The predicted molar refractivity (Wildman–Crippen MR) is 82.2 cm³/mol. The highest BCUT2D eigenvalue weighted by Gasteiger charge is 2.19. The molecule has 3 N–H and O–H groups in total. The van der Waals surface area contributed by atoms with Gasteiger partial charge in [0.25, 0.3) is 0 Å². The van der Waals surface area contributed by atoms with Crippen LogP contribution in [0.3, 0.4) is 0 Å². The van der Waals surface area contributed by atoms with Crippen molar-refractivity contribution in [2.24, 2.45) is 5.84 Å². The normalized spacial score (nSPS) is 21.8. The van der Waals surface area contributed by atoms with Gasteiger partial charge in [-0.3, -0.25) is 11.3 Å². The summed E-state index contributed by atoms with van der Waals surface area (Å²) in [5.74, 6) is 5.66. The van der Waals surface area contributed by atoms with Crippen molar-refractivity contribution in [2.75, 3.05) is 6.61 Å². The van der Waals surface area contributed by atoms with Gasteiger partial charge in [0.2, 0.25) is 0 Å². The third kappa shape index (κ3) is 4.50. The lowest BCUT2D eigenvalue weighted by Crippen LogP contribution is -2.40. The molecule has 0 amide bonds. The molecule has 100 valence electrons. The van der Waals surface area contributed by atoms with Crippen LogP contribution in [-0.4, -0.2) is 18.8 Å². The fraction of sp³-hybridized carbons (Fsp3) is 0.571. The highest BCUT2D eigenvalue weighted by Crippen LogP contribution is 2.18. The monoisotopic (exact) mass is 360 g/mol. The standard InChI is InChI=1S/C14H21IN2O/c15-12-6-4-11(5-7-12)9-13(17-16)10-14-3-1-2-8-18-14/h4-7,13-14,17H,1-3,8-10,16H2. The minimum atomic E-state index is 0.299. The topological polar surface area (TPSA) is 47.3 Å². The Labute approximate surface area is 123 Å². The Morgan fingerprint density at radius 2 is 2.11 bits per heavy atom. The lowest BCUT2D eigenvalue weighted by atomic mass is 9.97. The van der Waals surface area contributed by atoms with Crippen LogP contribution in [0, 0.1) is 3.57 Å². The predicted octanol–water partition coefficient (Wildman–Crippen LogP) is 2.62. The first-order valence-corrected chi connectivity index (χ1v) is 7.68. The van der Waals surface area contributed by atoms with Gasteiger partial charge in [0, 0.05) is 16.2 Å². The summed E-state index contributed by atoms with van der Waals surface area (Å²) in [6.45, 7) is 0.908. The highest BCUT2D eigenvalue weighted by atomic mass is 127. The number of hydrogen-bond donors (Lipinski definition) is 2. The van der Waals surface area contributed by atoms with Gasteiger partial charge in [-0.15, -0.1) is 0 Å². The molecule has 0 bridgehead atoms. The van der Waals surface area contributed by atoms with Gasteiger partial charge in [-0.1, -0.05) is 12.1 Å². The average Bonchev–Trinajstić information content (AvgIpc) is 2.41. The molecule has 0 aliphatic carbocycles. The first kappa shape index (κ1) is 14.2. The van der Waals surface area contributed by atoms with Crippen molar-refractivity contribution in [3.63, 3.8) is 0 Å². The number of hydrogen-bond acceptors (Lipinski definition) is 3. The quantitative estimate of drug-likeness (QED) is 0.482. The van der Waals surface area contributed by atoms with E-state index in [1.165, 1.54) is 28.4 Å². The van der Waals surface area contributed by atoms with Gasteiger partial charge in [0.15, 0.2) is 0 Å². The van der Waals surface area contributed by atoms with Crippen LogP contribution in [0.15, 0.2) is 24.3 Å². The molecule has 0 spiro atoms. The van der Waals surface area contributed by atoms with Crippen molar-refractivity contribution in [3.8, 4) is 0 Å². The fourth-order valence-electron chi connectivity index (χ4n) is 2.43. The molecule has 1 heterocycles. The van der Waals surface area contributed by atoms with Gasteiger partial charge in [-0.2, -0.15) is 0 Å². The Hall–Kier alpha value is -0.170. The number of hydrazine groups is 1. The van der Waals surface area contributed by atoms with Crippen LogP contribution in [0.1, 0.15) is 31.2 Å². The Morgan fingerprint density at radius 3 is 2.72 bits per heavy atom. The number of nitrogens with two attached hydrogens (primary N) is 1. The molecule has 1 aromatic rings. The zero-order valence-electron chi connectivity index (χ0n) is 10.6. The molecule has 4 heteroatoms. The van der Waals surface area contributed by atoms with Crippen molar-refractivity contribution >= 4 is 22.6 Å². The van der Waals surface area contributed by atoms with E-state index in [1.54, 1.807) is 0 Å². The van der Waals surface area contributed by atoms with Crippen LogP contribution in [0.5, 0.6) is 0 Å². The summed E-state index contributed by atoms with van der Waals surface area (Å²) >= 11 is 2.32. The summed E-state index contributed by atoms with van der Waals surface area (Å²) < 4.78 is 7.04. The summed E-state index contributed by atoms with van der Waals surface area (Å²) in [6.07, 6.45) is 6.00. The lowest BCUT2D eigenvalue weighted by molar-refractivity contribution is 0.00524. The molecule has 2 unspecified atom stereocenters. The van der Waals surface area contributed by atoms with E-state index in [0.29, 0.717) is 12.1 Å². The van der Waals surface area contributed by atoms with E-state index in [-0.39, 0.29) is 0 Å². The number of nitrogens with one attached hydrogen (secondary N) is 1. The second kappa shape index (κ2) is 7.43. The third-order valence-corrected chi connectivity index (χ3v) is 4.17. The van der Waals surface area contributed by atoms with E-state index in [1.807, 2.05) is 0 Å². The van der Waals surface area contributed by atoms with E-state index in [2.05, 4.69) is 52.3 Å². The van der Waals surface area contributed by atoms with Gasteiger partial charge < -0.3 is 4.74 Å². The van der Waals surface area contributed by atoms with Gasteiger partial charge >= 0.3 is 0 Å². The highest BCUT2D eigenvalue weighted by molar-refractivity contribution is 14.1. The Morgan fingerprint density at radius 1 is 1.33 bits per heavy atom. The van der Waals surface area contributed by atoms with E-state index < -0.39 is 0 Å². The molecule has 0 radical (unpaired) electrons. The fourth-order valence-corrected chi connectivity index (χ4v) is 2.79. The number of benzene rings is 1. The number of ether oxygens (including phenoxy) is 1. The smallest absolute Gasteiger partial charge is 0.0590 e. The van der Waals surface area contributed by atoms with Gasteiger partial charge in [0.05, 0.1) is 6.10 Å².